The normalized spacial score (nSPS) is 19.1. The summed E-state index contributed by atoms with van der Waals surface area (Å²) in [6.07, 6.45) is 4.66. The molecule has 5 nitrogen and oxygen atoms in total. The Morgan fingerprint density at radius 1 is 1.22 bits per heavy atom. The van der Waals surface area contributed by atoms with Crippen LogP contribution in [0.2, 0.25) is 0 Å². The van der Waals surface area contributed by atoms with Crippen molar-refractivity contribution in [3.8, 4) is 0 Å². The molecule has 0 spiro atoms. The lowest BCUT2D eigenvalue weighted by molar-refractivity contribution is -0.121. The van der Waals surface area contributed by atoms with Crippen molar-refractivity contribution in [2.75, 3.05) is 0 Å². The quantitative estimate of drug-likeness (QED) is 0.809. The molecule has 0 aliphatic heterocycles. The summed E-state index contributed by atoms with van der Waals surface area (Å²) in [6, 6.07) is -0.611. The Labute approximate surface area is 108 Å². The molecule has 1 aliphatic rings. The molecule has 0 saturated heterocycles. The van der Waals surface area contributed by atoms with Gasteiger partial charge in [0.25, 0.3) is 0 Å². The van der Waals surface area contributed by atoms with E-state index < -0.39 is 23.6 Å². The van der Waals surface area contributed by atoms with Crippen LogP contribution in [0.15, 0.2) is 0 Å². The molecule has 1 atom stereocenters. The molecule has 3 N–H and O–H groups in total. The van der Waals surface area contributed by atoms with Crippen molar-refractivity contribution in [1.82, 2.24) is 5.32 Å². The van der Waals surface area contributed by atoms with Gasteiger partial charge in [-0.25, -0.2) is 4.79 Å². The summed E-state index contributed by atoms with van der Waals surface area (Å²) in [4.78, 5) is 23.1. The number of amides is 2. The van der Waals surface area contributed by atoms with Crippen LogP contribution < -0.4 is 11.1 Å². The zero-order chi connectivity index (χ0) is 13.8. The lowest BCUT2D eigenvalue weighted by atomic mass is 9.83. The second kappa shape index (κ2) is 6.07. The zero-order valence-corrected chi connectivity index (χ0v) is 11.5. The van der Waals surface area contributed by atoms with Crippen molar-refractivity contribution in [2.24, 2.45) is 11.7 Å². The van der Waals surface area contributed by atoms with Crippen LogP contribution in [0.1, 0.15) is 52.9 Å². The highest BCUT2D eigenvalue weighted by atomic mass is 16.6. The van der Waals surface area contributed by atoms with E-state index in [0.717, 1.165) is 25.7 Å². The highest BCUT2D eigenvalue weighted by Gasteiger charge is 2.30. The van der Waals surface area contributed by atoms with Crippen LogP contribution in [-0.4, -0.2) is 23.6 Å². The molecule has 1 aliphatic carbocycles. The molecule has 1 saturated carbocycles. The first kappa shape index (κ1) is 14.8. The second-order valence-corrected chi connectivity index (χ2v) is 5.92. The maximum Gasteiger partial charge on any atom is 0.408 e. The topological polar surface area (TPSA) is 81.4 Å². The first-order valence-electron chi connectivity index (χ1n) is 6.58. The number of rotatable bonds is 3. The zero-order valence-electron chi connectivity index (χ0n) is 11.5. The van der Waals surface area contributed by atoms with E-state index in [0.29, 0.717) is 0 Å². The van der Waals surface area contributed by atoms with Crippen molar-refractivity contribution < 1.29 is 14.3 Å². The fraction of sp³-hybridized carbons (Fsp3) is 0.846. The van der Waals surface area contributed by atoms with E-state index >= 15 is 0 Å². The van der Waals surface area contributed by atoms with E-state index in [4.69, 9.17) is 10.5 Å². The van der Waals surface area contributed by atoms with E-state index in [9.17, 15) is 9.59 Å². The van der Waals surface area contributed by atoms with Crippen LogP contribution in [0, 0.1) is 5.92 Å². The Hall–Kier alpha value is -1.26. The van der Waals surface area contributed by atoms with Gasteiger partial charge < -0.3 is 15.8 Å². The summed E-state index contributed by atoms with van der Waals surface area (Å²) < 4.78 is 5.15. The van der Waals surface area contributed by atoms with Gasteiger partial charge in [-0.1, -0.05) is 19.3 Å². The number of nitrogens with two attached hydrogens (primary N) is 1. The number of primary amides is 1. The standard InChI is InChI=1S/C13H24N2O3/c1-13(2,3)18-12(17)15-10(11(14)16)9-7-5-4-6-8-9/h9-10H,4-8H2,1-3H3,(H2,14,16)(H,15,17). The van der Waals surface area contributed by atoms with Crippen LogP contribution in [0.3, 0.4) is 0 Å². The van der Waals surface area contributed by atoms with Crippen LogP contribution in [0.5, 0.6) is 0 Å². The third kappa shape index (κ3) is 4.94. The van der Waals surface area contributed by atoms with Crippen molar-refractivity contribution in [2.45, 2.75) is 64.5 Å². The molecule has 0 aromatic carbocycles. The third-order valence-corrected chi connectivity index (χ3v) is 3.10. The van der Waals surface area contributed by atoms with E-state index in [-0.39, 0.29) is 5.92 Å². The average Bonchev–Trinajstić information content (AvgIpc) is 2.24. The van der Waals surface area contributed by atoms with E-state index in [1.807, 2.05) is 0 Å². The minimum Gasteiger partial charge on any atom is -0.444 e. The summed E-state index contributed by atoms with van der Waals surface area (Å²) in [5, 5.41) is 2.61. The molecule has 0 aromatic heterocycles. The lowest BCUT2D eigenvalue weighted by Crippen LogP contribution is -2.50. The highest BCUT2D eigenvalue weighted by Crippen LogP contribution is 2.26. The number of carbonyl (C=O) groups excluding carboxylic acids is 2. The molecule has 18 heavy (non-hydrogen) atoms. The van der Waals surface area contributed by atoms with Crippen LogP contribution in [-0.2, 0) is 9.53 Å². The predicted molar refractivity (Wildman–Crippen MR) is 68.9 cm³/mol. The Morgan fingerprint density at radius 3 is 2.22 bits per heavy atom. The van der Waals surface area contributed by atoms with E-state index in [1.54, 1.807) is 20.8 Å². The van der Waals surface area contributed by atoms with Gasteiger partial charge in [0.15, 0.2) is 0 Å². The Bertz CT molecular complexity index is 304. The van der Waals surface area contributed by atoms with Crippen molar-refractivity contribution in [3.05, 3.63) is 0 Å². The molecular formula is C13H24N2O3. The molecule has 0 radical (unpaired) electrons. The molecule has 0 bridgehead atoms. The monoisotopic (exact) mass is 256 g/mol. The van der Waals surface area contributed by atoms with Crippen molar-refractivity contribution in [3.63, 3.8) is 0 Å². The average molecular weight is 256 g/mol. The number of alkyl carbamates (subject to hydrolysis) is 1. The summed E-state index contributed by atoms with van der Waals surface area (Å²) in [5.74, 6) is -0.337. The fourth-order valence-electron chi connectivity index (χ4n) is 2.32. The van der Waals surface area contributed by atoms with Crippen LogP contribution in [0.25, 0.3) is 0 Å². The van der Waals surface area contributed by atoms with E-state index in [2.05, 4.69) is 5.32 Å². The number of carbonyl (C=O) groups is 2. The van der Waals surface area contributed by atoms with Crippen molar-refractivity contribution >= 4 is 12.0 Å². The smallest absolute Gasteiger partial charge is 0.408 e. The van der Waals surface area contributed by atoms with Gasteiger partial charge in [0.05, 0.1) is 0 Å². The maximum absolute atomic E-state index is 11.7. The summed E-state index contributed by atoms with van der Waals surface area (Å²) in [5.41, 5.74) is 4.80. The van der Waals surface area contributed by atoms with Gasteiger partial charge in [0.1, 0.15) is 11.6 Å². The molecule has 1 rings (SSSR count). The fourth-order valence-corrected chi connectivity index (χ4v) is 2.32. The molecular weight excluding hydrogens is 232 g/mol. The van der Waals surface area contributed by atoms with Crippen molar-refractivity contribution in [1.29, 1.82) is 0 Å². The Balaban J connectivity index is 2.57. The molecule has 104 valence electrons. The first-order valence-corrected chi connectivity index (χ1v) is 6.58. The van der Waals surface area contributed by atoms with Gasteiger partial charge in [-0.15, -0.1) is 0 Å². The van der Waals surface area contributed by atoms with E-state index in [1.165, 1.54) is 6.42 Å². The van der Waals surface area contributed by atoms with Gasteiger partial charge >= 0.3 is 6.09 Å². The number of ether oxygens (including phenoxy) is 1. The predicted octanol–water partition coefficient (Wildman–Crippen LogP) is 1.95. The molecule has 0 heterocycles. The molecule has 2 amide bonds. The number of hydrogen-bond acceptors (Lipinski definition) is 3. The first-order chi connectivity index (χ1) is 8.29. The van der Waals surface area contributed by atoms with Gasteiger partial charge in [0, 0.05) is 0 Å². The largest absolute Gasteiger partial charge is 0.444 e. The van der Waals surface area contributed by atoms with Gasteiger partial charge in [-0.3, -0.25) is 4.79 Å². The minimum atomic E-state index is -0.611. The number of hydrogen-bond donors (Lipinski definition) is 2. The minimum absolute atomic E-state index is 0.142. The maximum atomic E-state index is 11.7. The molecule has 1 unspecified atom stereocenters. The summed E-state index contributed by atoms with van der Waals surface area (Å²) in [7, 11) is 0. The molecule has 1 fully saturated rings. The second-order valence-electron chi connectivity index (χ2n) is 5.92. The number of nitrogens with one attached hydrogen (secondary N) is 1. The van der Waals surface area contributed by atoms with Gasteiger partial charge in [-0.05, 0) is 39.5 Å². The Kier molecular flexibility index (Phi) is 4.99. The van der Waals surface area contributed by atoms with Gasteiger partial charge in [0.2, 0.25) is 5.91 Å². The molecule has 5 heteroatoms. The Morgan fingerprint density at radius 2 is 1.78 bits per heavy atom. The summed E-state index contributed by atoms with van der Waals surface area (Å²) >= 11 is 0. The SMILES string of the molecule is CC(C)(C)OC(=O)NC(C(N)=O)C1CCCCC1. The highest BCUT2D eigenvalue weighted by molar-refractivity contribution is 5.84. The van der Waals surface area contributed by atoms with Gasteiger partial charge in [-0.2, -0.15) is 0 Å². The van der Waals surface area contributed by atoms with Crippen LogP contribution >= 0.6 is 0 Å². The molecule has 0 aromatic rings. The lowest BCUT2D eigenvalue weighted by Gasteiger charge is -2.29. The van der Waals surface area contributed by atoms with Crippen LogP contribution in [0.4, 0.5) is 4.79 Å². The third-order valence-electron chi connectivity index (χ3n) is 3.10. The summed E-state index contributed by atoms with van der Waals surface area (Å²) in [6.45, 7) is 5.35.